The average molecular weight is 255 g/mol. The van der Waals surface area contributed by atoms with E-state index >= 15 is 0 Å². The van der Waals surface area contributed by atoms with Crippen LogP contribution in [0.2, 0.25) is 0 Å². The van der Waals surface area contributed by atoms with Crippen molar-refractivity contribution in [3.05, 3.63) is 0 Å². The minimum atomic E-state index is -0.0813. The number of urea groups is 1. The molecule has 6 heteroatoms. The van der Waals surface area contributed by atoms with Crippen molar-refractivity contribution < 1.29 is 9.59 Å². The Kier molecular flexibility index (Phi) is 2.50. The lowest BCUT2D eigenvalue weighted by Gasteiger charge is -2.34. The number of nitrogens with one attached hydrogen (secondary N) is 3. The molecule has 2 saturated heterocycles. The Balaban J connectivity index is 1.90. The van der Waals surface area contributed by atoms with Crippen molar-refractivity contribution >= 4 is 23.7 Å². The van der Waals surface area contributed by atoms with E-state index in [1.165, 1.54) is 0 Å². The normalized spacial score (nSPS) is 43.4. The molecule has 17 heavy (non-hydrogen) atoms. The molecule has 2 aliphatic heterocycles. The molecule has 3 amide bonds. The molecule has 3 fully saturated rings. The molecule has 1 saturated carbocycles. The summed E-state index contributed by atoms with van der Waals surface area (Å²) in [6, 6.07) is 0.227. The fourth-order valence-corrected chi connectivity index (χ4v) is 5.43. The Hall–Kier alpha value is -0.910. The molecule has 3 aliphatic rings. The third-order valence-corrected chi connectivity index (χ3v) is 6.08. The van der Waals surface area contributed by atoms with Gasteiger partial charge in [0.2, 0.25) is 5.91 Å². The maximum Gasteiger partial charge on any atom is 0.315 e. The summed E-state index contributed by atoms with van der Waals surface area (Å²) in [6.07, 6.45) is 3.04. The minimum absolute atomic E-state index is 0.0349. The van der Waals surface area contributed by atoms with Gasteiger partial charge in [-0.1, -0.05) is 6.42 Å². The molecule has 4 unspecified atom stereocenters. The molecule has 0 radical (unpaired) electrons. The van der Waals surface area contributed by atoms with Crippen LogP contribution in [0.1, 0.15) is 19.3 Å². The third kappa shape index (κ3) is 1.46. The number of carbonyl (C=O) groups is 2. The smallest absolute Gasteiger partial charge is 0.315 e. The first-order valence-electron chi connectivity index (χ1n) is 6.10. The summed E-state index contributed by atoms with van der Waals surface area (Å²) in [5.41, 5.74) is 0. The Bertz CT molecular complexity index is 376. The zero-order chi connectivity index (χ0) is 12.0. The van der Waals surface area contributed by atoms with Crippen molar-refractivity contribution in [2.24, 2.45) is 5.92 Å². The van der Waals surface area contributed by atoms with E-state index in [1.807, 2.05) is 11.8 Å². The zero-order valence-corrected chi connectivity index (χ0v) is 10.6. The highest BCUT2D eigenvalue weighted by molar-refractivity contribution is 8.01. The van der Waals surface area contributed by atoms with E-state index in [-0.39, 0.29) is 34.7 Å². The van der Waals surface area contributed by atoms with Gasteiger partial charge in [0.05, 0.1) is 18.0 Å². The number of rotatable bonds is 1. The number of hydrogen-bond donors (Lipinski definition) is 3. The zero-order valence-electron chi connectivity index (χ0n) is 9.79. The SMILES string of the molecule is CNC(=O)C1CCCC12SCC1NC(=O)NC12. The van der Waals surface area contributed by atoms with Crippen molar-refractivity contribution in [2.45, 2.75) is 36.1 Å². The number of thioether (sulfide) groups is 1. The number of carbonyl (C=O) groups excluding carboxylic acids is 2. The standard InChI is InChI=1S/C11H17N3O2S/c1-12-9(15)6-3-2-4-11(6)8-7(5-17-11)13-10(16)14-8/h6-8H,2-5H2,1H3,(H,12,15)(H2,13,14,16). The van der Waals surface area contributed by atoms with Crippen LogP contribution in [0.3, 0.4) is 0 Å². The highest BCUT2D eigenvalue weighted by atomic mass is 32.2. The van der Waals surface area contributed by atoms with E-state index in [0.717, 1.165) is 25.0 Å². The van der Waals surface area contributed by atoms with Gasteiger partial charge >= 0.3 is 6.03 Å². The lowest BCUT2D eigenvalue weighted by Crippen LogP contribution is -2.52. The third-order valence-electron chi connectivity index (χ3n) is 4.28. The summed E-state index contributed by atoms with van der Waals surface area (Å²) >= 11 is 1.86. The highest BCUT2D eigenvalue weighted by Crippen LogP contribution is 2.54. The van der Waals surface area contributed by atoms with Gasteiger partial charge in [-0.25, -0.2) is 4.79 Å². The van der Waals surface area contributed by atoms with Crippen LogP contribution in [-0.4, -0.2) is 41.6 Å². The second kappa shape index (κ2) is 3.80. The predicted molar refractivity (Wildman–Crippen MR) is 65.8 cm³/mol. The second-order valence-electron chi connectivity index (χ2n) is 5.03. The van der Waals surface area contributed by atoms with Crippen LogP contribution < -0.4 is 16.0 Å². The molecule has 94 valence electrons. The molecule has 0 aromatic heterocycles. The molecule has 5 nitrogen and oxygen atoms in total. The summed E-state index contributed by atoms with van der Waals surface area (Å²) in [5, 5.41) is 8.71. The van der Waals surface area contributed by atoms with Gasteiger partial charge in [0.25, 0.3) is 0 Å². The molecular weight excluding hydrogens is 238 g/mol. The van der Waals surface area contributed by atoms with Gasteiger partial charge in [-0.3, -0.25) is 4.79 Å². The molecule has 0 aromatic rings. The van der Waals surface area contributed by atoms with Crippen molar-refractivity contribution in [1.82, 2.24) is 16.0 Å². The van der Waals surface area contributed by atoms with Crippen molar-refractivity contribution in [3.8, 4) is 0 Å². The van der Waals surface area contributed by atoms with Crippen LogP contribution in [0.4, 0.5) is 4.79 Å². The number of fused-ring (bicyclic) bond motifs is 2. The van der Waals surface area contributed by atoms with Crippen LogP contribution in [0.5, 0.6) is 0 Å². The van der Waals surface area contributed by atoms with Gasteiger partial charge < -0.3 is 16.0 Å². The molecule has 2 heterocycles. The quantitative estimate of drug-likeness (QED) is 0.581. The van der Waals surface area contributed by atoms with Crippen molar-refractivity contribution in [3.63, 3.8) is 0 Å². The summed E-state index contributed by atoms with van der Waals surface area (Å²) in [4.78, 5) is 23.4. The Labute approximate surface area is 104 Å². The highest BCUT2D eigenvalue weighted by Gasteiger charge is 2.60. The molecule has 3 N–H and O–H groups in total. The molecule has 3 rings (SSSR count). The molecule has 1 aliphatic carbocycles. The topological polar surface area (TPSA) is 70.2 Å². The van der Waals surface area contributed by atoms with Crippen LogP contribution in [0.25, 0.3) is 0 Å². The lowest BCUT2D eigenvalue weighted by atomic mass is 9.85. The molecule has 0 aromatic carbocycles. The monoisotopic (exact) mass is 255 g/mol. The van der Waals surface area contributed by atoms with Gasteiger partial charge in [-0.2, -0.15) is 0 Å². The molecule has 0 bridgehead atoms. The fourth-order valence-electron chi connectivity index (χ4n) is 3.54. The van der Waals surface area contributed by atoms with E-state index in [1.54, 1.807) is 7.05 Å². The first-order valence-corrected chi connectivity index (χ1v) is 7.08. The lowest BCUT2D eigenvalue weighted by molar-refractivity contribution is -0.125. The van der Waals surface area contributed by atoms with Crippen LogP contribution in [0.15, 0.2) is 0 Å². The average Bonchev–Trinajstić information content (AvgIpc) is 2.96. The summed E-state index contributed by atoms with van der Waals surface area (Å²) < 4.78 is -0.0794. The predicted octanol–water partition coefficient (Wildman–Crippen LogP) is 0.0681. The molecule has 1 spiro atoms. The van der Waals surface area contributed by atoms with Gasteiger partial charge in [-0.15, -0.1) is 11.8 Å². The van der Waals surface area contributed by atoms with E-state index in [9.17, 15) is 9.59 Å². The molecule has 4 atom stereocenters. The van der Waals surface area contributed by atoms with E-state index < -0.39 is 0 Å². The van der Waals surface area contributed by atoms with E-state index in [2.05, 4.69) is 16.0 Å². The fraction of sp³-hybridized carbons (Fsp3) is 0.818. The number of hydrogen-bond acceptors (Lipinski definition) is 3. The Morgan fingerprint density at radius 1 is 1.53 bits per heavy atom. The van der Waals surface area contributed by atoms with Crippen molar-refractivity contribution in [1.29, 1.82) is 0 Å². The second-order valence-corrected chi connectivity index (χ2v) is 6.41. The first kappa shape index (κ1) is 11.2. The van der Waals surface area contributed by atoms with Gasteiger partial charge in [0, 0.05) is 17.5 Å². The van der Waals surface area contributed by atoms with E-state index in [4.69, 9.17) is 0 Å². The molecular formula is C11H17N3O2S. The van der Waals surface area contributed by atoms with Gasteiger partial charge in [-0.05, 0) is 12.8 Å². The summed E-state index contributed by atoms with van der Waals surface area (Å²) in [5.74, 6) is 1.07. The van der Waals surface area contributed by atoms with Crippen molar-refractivity contribution in [2.75, 3.05) is 12.8 Å². The first-order chi connectivity index (χ1) is 8.17. The maximum atomic E-state index is 12.0. The summed E-state index contributed by atoms with van der Waals surface area (Å²) in [7, 11) is 1.69. The van der Waals surface area contributed by atoms with Crippen LogP contribution in [0, 0.1) is 5.92 Å². The number of amides is 3. The summed E-state index contributed by atoms with van der Waals surface area (Å²) in [6.45, 7) is 0. The minimum Gasteiger partial charge on any atom is -0.359 e. The van der Waals surface area contributed by atoms with Gasteiger partial charge in [0.1, 0.15) is 0 Å². The largest absolute Gasteiger partial charge is 0.359 e. The van der Waals surface area contributed by atoms with E-state index in [0.29, 0.717) is 0 Å². The van der Waals surface area contributed by atoms with Crippen LogP contribution in [-0.2, 0) is 4.79 Å². The Morgan fingerprint density at radius 3 is 3.12 bits per heavy atom. The maximum absolute atomic E-state index is 12.0. The Morgan fingerprint density at radius 2 is 2.35 bits per heavy atom. The van der Waals surface area contributed by atoms with Gasteiger partial charge in [0.15, 0.2) is 0 Å². The van der Waals surface area contributed by atoms with Crippen LogP contribution >= 0.6 is 11.8 Å².